The average molecular weight is 557 g/mol. The Morgan fingerprint density at radius 2 is 1.91 bits per heavy atom. The number of nitrogens with zero attached hydrogens (tertiary/aromatic N) is 3. The summed E-state index contributed by atoms with van der Waals surface area (Å²) in [4.78, 5) is 20.7. The summed E-state index contributed by atoms with van der Waals surface area (Å²) in [7, 11) is 1.85. The highest BCUT2D eigenvalue weighted by Gasteiger charge is 2.29. The Balaban J connectivity index is 0.00000363. The Hall–Kier alpha value is -1.39. The lowest BCUT2D eigenvalue weighted by Crippen LogP contribution is -2.45. The molecule has 180 valence electrons. The molecule has 2 saturated heterocycles. The van der Waals surface area contributed by atoms with Crippen LogP contribution in [-0.4, -0.2) is 73.5 Å². The smallest absolute Gasteiger partial charge is 0.220 e. The number of guanidine groups is 1. The molecule has 0 aliphatic carbocycles. The van der Waals surface area contributed by atoms with Gasteiger partial charge in [0.2, 0.25) is 5.91 Å². The van der Waals surface area contributed by atoms with Crippen molar-refractivity contribution in [1.82, 2.24) is 20.4 Å². The third-order valence-electron chi connectivity index (χ3n) is 6.68. The number of nitrogens with two attached hydrogens (primary N) is 1. The van der Waals surface area contributed by atoms with Gasteiger partial charge < -0.3 is 21.3 Å². The van der Waals surface area contributed by atoms with E-state index >= 15 is 0 Å². The van der Waals surface area contributed by atoms with Crippen molar-refractivity contribution in [3.8, 4) is 0 Å². The third kappa shape index (κ3) is 8.51. The maximum atomic E-state index is 11.3. The quantitative estimate of drug-likeness (QED) is 0.188. The maximum absolute atomic E-state index is 11.3. The fourth-order valence-corrected chi connectivity index (χ4v) is 4.74. The van der Waals surface area contributed by atoms with Gasteiger partial charge in [0.1, 0.15) is 0 Å². The van der Waals surface area contributed by atoms with Crippen molar-refractivity contribution in [3.05, 3.63) is 35.9 Å². The molecule has 1 aromatic rings. The lowest BCUT2D eigenvalue weighted by atomic mass is 9.96. The van der Waals surface area contributed by atoms with Gasteiger partial charge in [0, 0.05) is 44.7 Å². The molecule has 0 spiro atoms. The summed E-state index contributed by atoms with van der Waals surface area (Å²) in [5, 5.41) is 7.09. The maximum Gasteiger partial charge on any atom is 0.220 e. The molecule has 0 bridgehead atoms. The van der Waals surface area contributed by atoms with Crippen molar-refractivity contribution in [2.45, 2.75) is 57.7 Å². The van der Waals surface area contributed by atoms with E-state index in [9.17, 15) is 4.79 Å². The minimum atomic E-state index is -0.137. The molecule has 3 rings (SSSR count). The Morgan fingerprint density at radius 3 is 2.56 bits per heavy atom. The van der Waals surface area contributed by atoms with Gasteiger partial charge in [-0.3, -0.25) is 14.7 Å². The molecular weight excluding hydrogens is 515 g/mol. The van der Waals surface area contributed by atoms with Crippen molar-refractivity contribution < 1.29 is 4.79 Å². The molecule has 0 aromatic heterocycles. The summed E-state index contributed by atoms with van der Waals surface area (Å²) in [5.41, 5.74) is 6.79. The Kier molecular flexibility index (Phi) is 11.7. The lowest BCUT2D eigenvalue weighted by molar-refractivity contribution is -0.123. The molecule has 4 N–H and O–H groups in total. The summed E-state index contributed by atoms with van der Waals surface area (Å²) in [6.07, 6.45) is 5.21. The van der Waals surface area contributed by atoms with Gasteiger partial charge in [-0.2, -0.15) is 0 Å². The Morgan fingerprint density at radius 1 is 1.19 bits per heavy atom. The lowest BCUT2D eigenvalue weighted by Gasteiger charge is -2.30. The van der Waals surface area contributed by atoms with E-state index in [1.165, 1.54) is 5.56 Å². The summed E-state index contributed by atoms with van der Waals surface area (Å²) in [6, 6.07) is 11.7. The van der Waals surface area contributed by atoms with Crippen LogP contribution >= 0.6 is 24.0 Å². The molecule has 1 aromatic carbocycles. The second kappa shape index (κ2) is 14.0. The SMILES string of the molecule is CN=C(NCCCCN1CCC(C(N)=O)CC1)NC1CC(C)N(Cc2ccccc2)C1.I. The second-order valence-electron chi connectivity index (χ2n) is 9.07. The van der Waals surface area contributed by atoms with Gasteiger partial charge in [-0.25, -0.2) is 0 Å². The predicted molar refractivity (Wildman–Crippen MR) is 142 cm³/mol. The number of hydrogen-bond acceptors (Lipinski definition) is 4. The number of amides is 1. The third-order valence-corrected chi connectivity index (χ3v) is 6.68. The molecule has 2 aliphatic rings. The van der Waals surface area contributed by atoms with E-state index in [0.717, 1.165) is 77.3 Å². The van der Waals surface area contributed by atoms with Crippen LogP contribution in [0.1, 0.15) is 44.6 Å². The van der Waals surface area contributed by atoms with Gasteiger partial charge >= 0.3 is 0 Å². The highest BCUT2D eigenvalue weighted by molar-refractivity contribution is 14.0. The number of carbonyl (C=O) groups is 1. The van der Waals surface area contributed by atoms with E-state index in [-0.39, 0.29) is 35.8 Å². The van der Waals surface area contributed by atoms with Crippen LogP contribution < -0.4 is 16.4 Å². The van der Waals surface area contributed by atoms with E-state index in [4.69, 9.17) is 5.73 Å². The largest absolute Gasteiger partial charge is 0.369 e. The zero-order valence-corrected chi connectivity index (χ0v) is 22.0. The monoisotopic (exact) mass is 556 g/mol. The number of aliphatic imine (C=N–C) groups is 1. The van der Waals surface area contributed by atoms with Crippen LogP contribution in [-0.2, 0) is 11.3 Å². The molecular formula is C24H41IN6O. The van der Waals surface area contributed by atoms with Gasteiger partial charge in [-0.1, -0.05) is 30.3 Å². The zero-order chi connectivity index (χ0) is 22.1. The topological polar surface area (TPSA) is 86.0 Å². The molecule has 2 aliphatic heterocycles. The number of benzene rings is 1. The fraction of sp³-hybridized carbons (Fsp3) is 0.667. The van der Waals surface area contributed by atoms with Crippen LogP contribution in [0.15, 0.2) is 35.3 Å². The summed E-state index contributed by atoms with van der Waals surface area (Å²) in [5.74, 6) is 0.845. The molecule has 2 heterocycles. The number of nitrogens with one attached hydrogen (secondary N) is 2. The molecule has 8 heteroatoms. The second-order valence-corrected chi connectivity index (χ2v) is 9.07. The summed E-state index contributed by atoms with van der Waals surface area (Å²) in [6.45, 7) is 8.35. The van der Waals surface area contributed by atoms with E-state index in [1.807, 2.05) is 7.05 Å². The average Bonchev–Trinajstić information content (AvgIpc) is 3.12. The molecule has 2 unspecified atom stereocenters. The first-order valence-corrected chi connectivity index (χ1v) is 11.8. The number of primary amides is 1. The normalized spacial score (nSPS) is 23.0. The summed E-state index contributed by atoms with van der Waals surface area (Å²) < 4.78 is 0. The minimum absolute atomic E-state index is 0. The van der Waals surface area contributed by atoms with Crippen LogP contribution in [0.5, 0.6) is 0 Å². The van der Waals surface area contributed by atoms with Gasteiger partial charge in [0.15, 0.2) is 5.96 Å². The molecule has 2 fully saturated rings. The fourth-order valence-electron chi connectivity index (χ4n) is 4.74. The van der Waals surface area contributed by atoms with Crippen molar-refractivity contribution >= 4 is 35.8 Å². The molecule has 0 saturated carbocycles. The Bertz CT molecular complexity index is 708. The van der Waals surface area contributed by atoms with Crippen molar-refractivity contribution in [1.29, 1.82) is 0 Å². The van der Waals surface area contributed by atoms with Crippen molar-refractivity contribution in [2.75, 3.05) is 39.8 Å². The first kappa shape index (κ1) is 26.9. The van der Waals surface area contributed by atoms with E-state index in [1.54, 1.807) is 0 Å². The number of carbonyl (C=O) groups excluding carboxylic acids is 1. The van der Waals surface area contributed by atoms with Gasteiger partial charge in [-0.05, 0) is 64.2 Å². The van der Waals surface area contributed by atoms with E-state index in [0.29, 0.717) is 12.1 Å². The van der Waals surface area contributed by atoms with Gasteiger partial charge in [0.05, 0.1) is 0 Å². The van der Waals surface area contributed by atoms with E-state index < -0.39 is 0 Å². The van der Waals surface area contributed by atoms with Gasteiger partial charge in [-0.15, -0.1) is 24.0 Å². The zero-order valence-electron chi connectivity index (χ0n) is 19.6. The predicted octanol–water partition coefficient (Wildman–Crippen LogP) is 2.41. The van der Waals surface area contributed by atoms with Crippen LogP contribution in [0, 0.1) is 5.92 Å². The van der Waals surface area contributed by atoms with Crippen molar-refractivity contribution in [2.24, 2.45) is 16.6 Å². The minimum Gasteiger partial charge on any atom is -0.369 e. The number of halogens is 1. The first-order valence-electron chi connectivity index (χ1n) is 11.8. The number of hydrogen-bond donors (Lipinski definition) is 3. The molecule has 0 radical (unpaired) electrons. The number of rotatable bonds is 9. The molecule has 1 amide bonds. The van der Waals surface area contributed by atoms with Crippen LogP contribution in [0.25, 0.3) is 0 Å². The standard InChI is InChI=1S/C24H40N6O.HI/c1-19-16-22(18-30(19)17-20-8-4-3-5-9-20)28-24(26-2)27-12-6-7-13-29-14-10-21(11-15-29)23(25)31;/h3-5,8-9,19,21-22H,6-7,10-18H2,1-2H3,(H2,25,31)(H2,26,27,28);1H. The molecule has 32 heavy (non-hydrogen) atoms. The first-order chi connectivity index (χ1) is 15.0. The van der Waals surface area contributed by atoms with Crippen LogP contribution in [0.4, 0.5) is 0 Å². The Labute approximate surface area is 210 Å². The summed E-state index contributed by atoms with van der Waals surface area (Å²) >= 11 is 0. The number of unbranched alkanes of at least 4 members (excludes halogenated alkanes) is 1. The number of piperidine rings is 1. The van der Waals surface area contributed by atoms with Crippen LogP contribution in [0.3, 0.4) is 0 Å². The number of likely N-dealkylation sites (tertiary alicyclic amines) is 2. The van der Waals surface area contributed by atoms with Crippen molar-refractivity contribution in [3.63, 3.8) is 0 Å². The van der Waals surface area contributed by atoms with E-state index in [2.05, 4.69) is 62.7 Å². The molecule has 7 nitrogen and oxygen atoms in total. The molecule has 2 atom stereocenters. The highest BCUT2D eigenvalue weighted by Crippen LogP contribution is 2.20. The van der Waals surface area contributed by atoms with Gasteiger partial charge in [0.25, 0.3) is 0 Å². The van der Waals surface area contributed by atoms with Crippen LogP contribution in [0.2, 0.25) is 0 Å². The highest BCUT2D eigenvalue weighted by atomic mass is 127.